The van der Waals surface area contributed by atoms with Crippen molar-refractivity contribution in [2.45, 2.75) is 26.2 Å². The minimum atomic E-state index is -0.152. The Morgan fingerprint density at radius 2 is 1.62 bits per heavy atom. The summed E-state index contributed by atoms with van der Waals surface area (Å²) in [6.07, 6.45) is 2.11. The van der Waals surface area contributed by atoms with E-state index in [0.717, 1.165) is 24.0 Å². The molecule has 0 bridgehead atoms. The molecule has 4 nitrogen and oxygen atoms in total. The molecule has 0 unspecified atom stereocenters. The Morgan fingerprint density at radius 1 is 0.875 bits per heavy atom. The van der Waals surface area contributed by atoms with Gasteiger partial charge in [-0.05, 0) is 30.9 Å². The van der Waals surface area contributed by atoms with E-state index in [9.17, 15) is 9.59 Å². The van der Waals surface area contributed by atoms with Gasteiger partial charge in [0.15, 0.2) is 0 Å². The summed E-state index contributed by atoms with van der Waals surface area (Å²) in [7, 11) is 0. The number of carbonyl (C=O) groups excluding carboxylic acids is 2. The Labute approximate surface area is 143 Å². The molecule has 2 aromatic carbocycles. The van der Waals surface area contributed by atoms with Crippen LogP contribution in [0.4, 0.5) is 0 Å². The summed E-state index contributed by atoms with van der Waals surface area (Å²) in [6, 6.07) is 18.0. The Kier molecular flexibility index (Phi) is 7.02. The Balaban J connectivity index is 1.59. The largest absolute Gasteiger partial charge is 0.355 e. The molecule has 0 aliphatic carbocycles. The summed E-state index contributed by atoms with van der Waals surface area (Å²) in [6.45, 7) is 2.63. The van der Waals surface area contributed by atoms with Crippen LogP contribution >= 0.6 is 0 Å². The summed E-state index contributed by atoms with van der Waals surface area (Å²) in [5, 5.41) is 5.49. The van der Waals surface area contributed by atoms with Crippen molar-refractivity contribution in [1.29, 1.82) is 0 Å². The van der Waals surface area contributed by atoms with Gasteiger partial charge in [0.05, 0.1) is 13.0 Å². The van der Waals surface area contributed by atoms with Crippen LogP contribution in [-0.4, -0.2) is 24.9 Å². The third kappa shape index (κ3) is 6.65. The third-order valence-electron chi connectivity index (χ3n) is 3.70. The standard InChI is InChI=1S/C20H24N2O2/c1-16-7-5-10-18(13-16)14-19(23)22-15-20(24)21-12-6-11-17-8-3-2-4-9-17/h2-5,7-10,13H,6,11-12,14-15H2,1H3,(H,21,24)(H,22,23). The third-order valence-corrected chi connectivity index (χ3v) is 3.70. The topological polar surface area (TPSA) is 58.2 Å². The molecule has 126 valence electrons. The van der Waals surface area contributed by atoms with E-state index in [1.54, 1.807) is 0 Å². The van der Waals surface area contributed by atoms with Crippen LogP contribution < -0.4 is 10.6 Å². The van der Waals surface area contributed by atoms with E-state index >= 15 is 0 Å². The predicted octanol–water partition coefficient (Wildman–Crippen LogP) is 2.40. The second-order valence-electron chi connectivity index (χ2n) is 5.88. The minimum absolute atomic E-state index is 0.0238. The number of amides is 2. The van der Waals surface area contributed by atoms with E-state index in [2.05, 4.69) is 22.8 Å². The lowest BCUT2D eigenvalue weighted by atomic mass is 10.1. The van der Waals surface area contributed by atoms with Gasteiger partial charge in [0.1, 0.15) is 0 Å². The molecule has 0 saturated heterocycles. The lowest BCUT2D eigenvalue weighted by Gasteiger charge is -2.07. The highest BCUT2D eigenvalue weighted by atomic mass is 16.2. The average molecular weight is 324 g/mol. The van der Waals surface area contributed by atoms with E-state index in [1.165, 1.54) is 5.56 Å². The monoisotopic (exact) mass is 324 g/mol. The van der Waals surface area contributed by atoms with Crippen molar-refractivity contribution in [1.82, 2.24) is 10.6 Å². The average Bonchev–Trinajstić information content (AvgIpc) is 2.58. The molecule has 2 N–H and O–H groups in total. The molecule has 0 fully saturated rings. The number of rotatable bonds is 8. The highest BCUT2D eigenvalue weighted by Crippen LogP contribution is 2.04. The van der Waals surface area contributed by atoms with Crippen LogP contribution in [0.3, 0.4) is 0 Å². The van der Waals surface area contributed by atoms with Gasteiger partial charge in [0, 0.05) is 6.54 Å². The van der Waals surface area contributed by atoms with Crippen LogP contribution in [0.1, 0.15) is 23.1 Å². The van der Waals surface area contributed by atoms with Gasteiger partial charge in [-0.15, -0.1) is 0 Å². The normalized spacial score (nSPS) is 10.2. The zero-order valence-electron chi connectivity index (χ0n) is 14.0. The minimum Gasteiger partial charge on any atom is -0.355 e. The van der Waals surface area contributed by atoms with Crippen LogP contribution in [0.2, 0.25) is 0 Å². The second kappa shape index (κ2) is 9.50. The molecule has 0 aliphatic rings. The van der Waals surface area contributed by atoms with Crippen LogP contribution in [0.5, 0.6) is 0 Å². The number of benzene rings is 2. The first-order valence-electron chi connectivity index (χ1n) is 8.26. The molecule has 0 atom stereocenters. The Bertz CT molecular complexity index is 668. The fourth-order valence-electron chi connectivity index (χ4n) is 2.48. The van der Waals surface area contributed by atoms with Gasteiger partial charge in [-0.2, -0.15) is 0 Å². The second-order valence-corrected chi connectivity index (χ2v) is 5.88. The summed E-state index contributed by atoms with van der Waals surface area (Å²) in [5.41, 5.74) is 3.34. The van der Waals surface area contributed by atoms with Gasteiger partial charge in [-0.1, -0.05) is 60.2 Å². The number of carbonyl (C=O) groups is 2. The van der Waals surface area contributed by atoms with Gasteiger partial charge >= 0.3 is 0 Å². The van der Waals surface area contributed by atoms with Crippen molar-refractivity contribution in [3.63, 3.8) is 0 Å². The van der Waals surface area contributed by atoms with Crippen molar-refractivity contribution >= 4 is 11.8 Å². The smallest absolute Gasteiger partial charge is 0.239 e. The molecule has 0 aliphatic heterocycles. The van der Waals surface area contributed by atoms with Gasteiger partial charge in [-0.25, -0.2) is 0 Å². The number of hydrogen-bond acceptors (Lipinski definition) is 2. The van der Waals surface area contributed by atoms with E-state index in [0.29, 0.717) is 13.0 Å². The van der Waals surface area contributed by atoms with Crippen molar-refractivity contribution in [3.05, 3.63) is 71.3 Å². The fourth-order valence-corrected chi connectivity index (χ4v) is 2.48. The highest BCUT2D eigenvalue weighted by Gasteiger charge is 2.06. The molecule has 2 rings (SSSR count). The van der Waals surface area contributed by atoms with Crippen molar-refractivity contribution < 1.29 is 9.59 Å². The number of aryl methyl sites for hydroxylation is 2. The van der Waals surface area contributed by atoms with Gasteiger partial charge in [0.2, 0.25) is 11.8 Å². The molecule has 0 spiro atoms. The van der Waals surface area contributed by atoms with Gasteiger partial charge in [0.25, 0.3) is 0 Å². The molecule has 0 aromatic heterocycles. The van der Waals surface area contributed by atoms with Crippen molar-refractivity contribution in [3.8, 4) is 0 Å². The van der Waals surface area contributed by atoms with Gasteiger partial charge < -0.3 is 10.6 Å². The fraction of sp³-hybridized carbons (Fsp3) is 0.300. The quantitative estimate of drug-likeness (QED) is 0.733. The van der Waals surface area contributed by atoms with Crippen LogP contribution in [0.15, 0.2) is 54.6 Å². The lowest BCUT2D eigenvalue weighted by Crippen LogP contribution is -2.38. The van der Waals surface area contributed by atoms with E-state index in [4.69, 9.17) is 0 Å². The van der Waals surface area contributed by atoms with Crippen LogP contribution in [0.25, 0.3) is 0 Å². The number of nitrogens with one attached hydrogen (secondary N) is 2. The van der Waals surface area contributed by atoms with E-state index < -0.39 is 0 Å². The summed E-state index contributed by atoms with van der Waals surface area (Å²) < 4.78 is 0. The Hall–Kier alpha value is -2.62. The van der Waals surface area contributed by atoms with Gasteiger partial charge in [-0.3, -0.25) is 9.59 Å². The lowest BCUT2D eigenvalue weighted by molar-refractivity contribution is -0.125. The van der Waals surface area contributed by atoms with E-state index in [-0.39, 0.29) is 18.4 Å². The molecular formula is C20H24N2O2. The van der Waals surface area contributed by atoms with Crippen LogP contribution in [0, 0.1) is 6.92 Å². The zero-order valence-corrected chi connectivity index (χ0v) is 14.0. The molecule has 24 heavy (non-hydrogen) atoms. The summed E-state index contributed by atoms with van der Waals surface area (Å²) in [5.74, 6) is -0.291. The van der Waals surface area contributed by atoms with Crippen LogP contribution in [-0.2, 0) is 22.4 Å². The summed E-state index contributed by atoms with van der Waals surface area (Å²) in [4.78, 5) is 23.6. The maximum atomic E-state index is 11.9. The summed E-state index contributed by atoms with van der Waals surface area (Å²) >= 11 is 0. The molecule has 2 aromatic rings. The molecular weight excluding hydrogens is 300 g/mol. The Morgan fingerprint density at radius 3 is 2.38 bits per heavy atom. The molecule has 0 saturated carbocycles. The zero-order chi connectivity index (χ0) is 17.2. The maximum Gasteiger partial charge on any atom is 0.239 e. The highest BCUT2D eigenvalue weighted by molar-refractivity contribution is 5.85. The molecule has 2 amide bonds. The van der Waals surface area contributed by atoms with Crippen molar-refractivity contribution in [2.75, 3.05) is 13.1 Å². The van der Waals surface area contributed by atoms with E-state index in [1.807, 2.05) is 49.4 Å². The number of hydrogen-bond donors (Lipinski definition) is 2. The maximum absolute atomic E-state index is 11.9. The first kappa shape index (κ1) is 17.7. The molecule has 0 radical (unpaired) electrons. The first-order valence-corrected chi connectivity index (χ1v) is 8.26. The van der Waals surface area contributed by atoms with Crippen molar-refractivity contribution in [2.24, 2.45) is 0 Å². The predicted molar refractivity (Wildman–Crippen MR) is 95.7 cm³/mol. The first-order chi connectivity index (χ1) is 11.6. The SMILES string of the molecule is Cc1cccc(CC(=O)NCC(=O)NCCCc2ccccc2)c1. The molecule has 4 heteroatoms. The molecule has 0 heterocycles.